The first-order valence-corrected chi connectivity index (χ1v) is 38.8. The molecule has 9 rings (SSSR count). The van der Waals surface area contributed by atoms with Crippen molar-refractivity contribution >= 4 is 100.0 Å². The number of nitrogens with two attached hydrogens (primary N) is 2. The van der Waals surface area contributed by atoms with Crippen molar-refractivity contribution in [1.29, 1.82) is 1.43 Å². The minimum atomic E-state index is -0.987. The number of non-ortho nitro benzene ring substituents is 2. The maximum atomic E-state index is 13.4. The molecule has 42 heteroatoms. The zero-order valence-corrected chi connectivity index (χ0v) is 85.8. The molecule has 0 aliphatic rings. The number of aryl methyl sites for hydroxylation is 4. The van der Waals surface area contributed by atoms with Crippen molar-refractivity contribution in [2.75, 3.05) is 45.1 Å². The molecule has 0 radical (unpaired) electrons. The van der Waals surface area contributed by atoms with Gasteiger partial charge in [-0.05, 0) is 206 Å². The van der Waals surface area contributed by atoms with Crippen LogP contribution in [0.1, 0.15) is 112 Å². The number of Topliss-reactive ketones (excluding diaryl/α,β-unsaturated/α-hetero) is 3. The molecule has 0 spiro atoms. The normalized spacial score (nSPS) is 9.19. The number of nitrogen functional groups attached to an aromatic ring is 1. The Morgan fingerprint density at radius 1 is 0.541 bits per heavy atom. The zero-order valence-electron chi connectivity index (χ0n) is 78.0. The monoisotopic (exact) mass is 2050 g/mol. The Morgan fingerprint density at radius 2 is 0.865 bits per heavy atom. The molecule has 9 aromatic rings. The zero-order chi connectivity index (χ0) is 98.4. The largest absolute Gasteiger partial charge is 1.00 e. The summed E-state index contributed by atoms with van der Waals surface area (Å²) in [5, 5.41) is 61.9. The first kappa shape index (κ1) is 136. The molecule has 0 saturated carbocycles. The van der Waals surface area contributed by atoms with Gasteiger partial charge in [0.05, 0.1) is 35.2 Å². The Hall–Kier alpha value is -9.89. The number of hydrogen-bond acceptors (Lipinski definition) is 26. The average Bonchev–Trinajstić information content (AvgIpc) is 0.656. The number of esters is 1. The number of ketones is 3. The van der Waals surface area contributed by atoms with Crippen molar-refractivity contribution in [3.63, 3.8) is 0 Å². The van der Waals surface area contributed by atoms with Gasteiger partial charge in [-0.2, -0.15) is 4.89 Å². The van der Waals surface area contributed by atoms with E-state index in [1.165, 1.54) is 42.0 Å². The maximum Gasteiger partial charge on any atom is 1.00 e. The maximum absolute atomic E-state index is 13.4. The predicted molar refractivity (Wildman–Crippen MR) is 482 cm³/mol. The summed E-state index contributed by atoms with van der Waals surface area (Å²) in [5.41, 5.74) is 17.4. The van der Waals surface area contributed by atoms with Crippen molar-refractivity contribution in [2.24, 2.45) is 5.73 Å². The van der Waals surface area contributed by atoms with Gasteiger partial charge < -0.3 is 69.3 Å². The van der Waals surface area contributed by atoms with Crippen LogP contribution in [0.25, 0.3) is 1.43 Å². The number of benzene rings is 9. The summed E-state index contributed by atoms with van der Waals surface area (Å²) in [6.45, 7) is 25.3. The number of carbonyl (C=O) groups is 9. The third-order valence-corrected chi connectivity index (χ3v) is 15.8. The second kappa shape index (κ2) is 85.1. The SMILES string of the molecule is Br.CC(=O)O.CCN(C(C)C)C(C)C.CCOC(=O)C(=O)Cc1ccc(C)c(F)c1.CCOOC#COCl.Cc1ccc(CC(=O)C(=O)NCCc2ccccc2)cc1F.Cc1ccc(N)cc1F.Cc1ccc([N+](=O)[O-])cc1F.N.NCCc1ccccc1.O=C(Cc1ccc(O)c(F)c1)C(=O)NCCc1ccccc1.O=CO[O-].O=[N+]([O-])c1ccc(O)c(F)c1.[2H]OC=O.[Fe].[H-].[K+].[K+]. The van der Waals surface area contributed by atoms with Crippen molar-refractivity contribution in [3.05, 3.63) is 311 Å². The van der Waals surface area contributed by atoms with Gasteiger partial charge >= 0.3 is 109 Å². The van der Waals surface area contributed by atoms with Crippen molar-refractivity contribution in [2.45, 2.75) is 134 Å². The molecule has 9 aromatic carbocycles. The van der Waals surface area contributed by atoms with E-state index >= 15 is 0 Å². The number of amides is 2. The molecule has 0 fully saturated rings. The second-order valence-electron chi connectivity index (χ2n) is 26.2. The fourth-order valence-electron chi connectivity index (χ4n) is 9.45. The molecule has 0 aliphatic carbocycles. The molecule has 0 bridgehead atoms. The number of nitro groups is 2. The third-order valence-electron chi connectivity index (χ3n) is 15.7. The van der Waals surface area contributed by atoms with Gasteiger partial charge in [-0.25, -0.2) is 31.1 Å². The number of rotatable bonds is 27. The Morgan fingerprint density at radius 3 is 1.16 bits per heavy atom. The van der Waals surface area contributed by atoms with Crippen LogP contribution in [0.4, 0.5) is 43.4 Å². The van der Waals surface area contributed by atoms with E-state index in [0.717, 1.165) is 67.9 Å². The van der Waals surface area contributed by atoms with E-state index in [9.17, 15) is 75.3 Å². The number of hydrogen-bond donors (Lipinski definition) is 9. The molecule has 13 N–H and O–H groups in total. The summed E-state index contributed by atoms with van der Waals surface area (Å²) in [5.74, 6) is -9.28. The van der Waals surface area contributed by atoms with E-state index in [0.29, 0.717) is 95.3 Å². The summed E-state index contributed by atoms with van der Waals surface area (Å²) >= 11 is 4.67. The fraction of sp³-hybridized carbons (Fsp3) is 0.286. The minimum absolute atomic E-state index is 0. The molecule has 0 unspecified atom stereocenters. The number of aliphatic carboxylic acids is 1. The Bertz CT molecular complexity index is 4750. The number of nitro benzene ring substituents is 2. The van der Waals surface area contributed by atoms with Crippen molar-refractivity contribution in [3.8, 4) is 23.7 Å². The quantitative estimate of drug-likeness (QED) is 0.00198. The molecule has 0 atom stereocenters. The van der Waals surface area contributed by atoms with E-state index in [4.69, 9.17) is 47.9 Å². The van der Waals surface area contributed by atoms with Crippen LogP contribution < -0.4 is 136 Å². The first-order chi connectivity index (χ1) is 61.1. The number of nitrogens with zero attached hydrogens (tertiary/aromatic N) is 3. The van der Waals surface area contributed by atoms with Gasteiger partial charge in [0, 0.05) is 86.2 Å². The molecule has 720 valence electrons. The molecular formula is C91H112BrClF6FeK2N8O23. The molecule has 0 aromatic heterocycles. The number of aromatic hydroxyl groups is 2. The van der Waals surface area contributed by atoms with Gasteiger partial charge in [0.1, 0.15) is 35.1 Å². The van der Waals surface area contributed by atoms with Crippen LogP contribution in [0.2, 0.25) is 0 Å². The number of carbonyl (C=O) groups excluding carboxylic acids is 7. The number of carboxylic acids is 1. The van der Waals surface area contributed by atoms with Gasteiger partial charge in [0.2, 0.25) is 23.5 Å². The van der Waals surface area contributed by atoms with Crippen LogP contribution >= 0.6 is 28.8 Å². The average molecular weight is 2050 g/mol. The number of phenols is 2. The van der Waals surface area contributed by atoms with Crippen molar-refractivity contribution in [1.82, 2.24) is 21.7 Å². The number of carboxylic acid groups (broad SMARTS) is 2. The van der Waals surface area contributed by atoms with Crippen LogP contribution in [0, 0.1) is 95.0 Å². The van der Waals surface area contributed by atoms with E-state index in [2.05, 4.69) is 103 Å². The van der Waals surface area contributed by atoms with Gasteiger partial charge in [-0.3, -0.25) is 68.4 Å². The van der Waals surface area contributed by atoms with Crippen LogP contribution in [-0.4, -0.2) is 141 Å². The van der Waals surface area contributed by atoms with Gasteiger partial charge in [-0.1, -0.05) is 134 Å². The number of ether oxygens (including phenoxy) is 1. The topological polar surface area (TPSA) is 504 Å². The van der Waals surface area contributed by atoms with Crippen molar-refractivity contribution < 1.29 is 250 Å². The first-order valence-electron chi connectivity index (χ1n) is 38.9. The summed E-state index contributed by atoms with van der Waals surface area (Å²) in [6, 6.07) is 54.4. The van der Waals surface area contributed by atoms with E-state index in [1.54, 1.807) is 77.9 Å². The van der Waals surface area contributed by atoms with E-state index in [1.807, 2.05) is 91.1 Å². The number of phenolic OH excluding ortho intramolecular Hbond substituents is 2. The number of nitrogens with one attached hydrogen (secondary N) is 2. The molecule has 31 nitrogen and oxygen atoms in total. The Balaban J connectivity index is -0.000000189. The van der Waals surface area contributed by atoms with Gasteiger partial charge in [0.15, 0.2) is 29.2 Å². The molecule has 0 saturated heterocycles. The van der Waals surface area contributed by atoms with Gasteiger partial charge in [0.25, 0.3) is 43.5 Å². The van der Waals surface area contributed by atoms with Crippen LogP contribution in [0.15, 0.2) is 200 Å². The van der Waals surface area contributed by atoms with Crippen LogP contribution in [0.3, 0.4) is 0 Å². The van der Waals surface area contributed by atoms with Gasteiger partial charge in [-0.15, -0.1) is 17.0 Å². The smallest absolute Gasteiger partial charge is 1.00 e. The fourth-order valence-corrected chi connectivity index (χ4v) is 9.49. The summed E-state index contributed by atoms with van der Waals surface area (Å²) in [7, 11) is 0. The summed E-state index contributed by atoms with van der Waals surface area (Å²) < 4.78 is 91.2. The van der Waals surface area contributed by atoms with Crippen LogP contribution in [-0.2, 0) is 122 Å². The molecule has 0 aliphatic heterocycles. The Labute approximate surface area is 883 Å². The van der Waals surface area contributed by atoms with Crippen LogP contribution in [0.5, 0.6) is 11.5 Å². The summed E-state index contributed by atoms with van der Waals surface area (Å²) in [6.07, 6.45) is 5.83. The van der Waals surface area contributed by atoms with E-state index < -0.39 is 79.9 Å². The minimum Gasteiger partial charge on any atom is -1.00 e. The number of halogens is 8. The van der Waals surface area contributed by atoms with E-state index in [-0.39, 0.29) is 212 Å². The Kier molecular flexibility index (Phi) is 87.1. The molecule has 2 amide bonds. The predicted octanol–water partition coefficient (Wildman–Crippen LogP) is 9.05. The standard InChI is InChI=1S/C18H18FNO2.C17H16FNO3.C12H13FO3.C8H11N.C8H19N.C7H6FNO2.C7H8FN.C6H4FNO3.C4H5ClO3.C2H4O2.CH2O3.CH2O2.BrH.Fe.2K.H3N.H/c1-13-7-8-15(11-16(13)19)12-17(21)18(22)20-10-9-14-5-3-2-4-6-14;18-14-10-13(6-7-15(14)20)11-16(21)17(22)19-9-8-12-4-2-1-3-5-12;1-3-16-12(15)11(14)7-9-5-4-8(2)10(13)6-9;9-7-6-8-4-2-1-3-5-8;1-6-9(7(2)3)8(4)5;1-5-2-3-6(9(10)11)4-7(5)8;1-5-2-3-6(9)4-7(5)8;7-5-3-4(8(10)11)1-2-6(5)9;1-2-7-8-4-3-6-5;1-2(3)4;2-1-4-3;2-1-3;;;;;;/h2-8,11H,9-10,12H2,1H3,(H,20,22);1-7,10,20H,8-9,11H2,(H,19,22);4-6H,3,7H2,1-2H3;1-5H,6-7,9H2;7-8H,6H2,1-5H3;2-4H,1H3;2-4H,9H2,1H3;1-3,9H;2H2,1H3;1H3,(H,3,4);1,3H;1H,(H,2,3);1H;;;;1H3;/q;;;;;;;;;;;;;;2*+1;;-1/p-1/i/hD. The molecular weight excluding hydrogens is 1940 g/mol. The molecule has 0 heterocycles. The summed E-state index contributed by atoms with van der Waals surface area (Å²) in [4.78, 5) is 128. The number of anilines is 1. The third kappa shape index (κ3) is 70.5. The molecule has 133 heavy (non-hydrogen) atoms. The second-order valence-corrected chi connectivity index (χ2v) is 26.3.